The summed E-state index contributed by atoms with van der Waals surface area (Å²) < 4.78 is 47.8. The molecule has 55 heavy (non-hydrogen) atoms. The van der Waals surface area contributed by atoms with Crippen LogP contribution < -0.4 is 10.4 Å². The molecule has 3 aromatic carbocycles. The highest BCUT2D eigenvalue weighted by Gasteiger charge is 2.60. The number of carbonyl (C=O) groups excluding carboxylic acids is 2. The molecule has 15 heteroatoms. The lowest BCUT2D eigenvalue weighted by atomic mass is 9.66. The van der Waals surface area contributed by atoms with Crippen molar-refractivity contribution in [2.45, 2.75) is 63.6 Å². The van der Waals surface area contributed by atoms with Gasteiger partial charge in [-0.1, -0.05) is 84.6 Å². The number of phosphoric acid groups is 1. The van der Waals surface area contributed by atoms with Crippen molar-refractivity contribution < 1.29 is 47.0 Å². The molecule has 13 nitrogen and oxygen atoms in total. The second-order valence-corrected chi connectivity index (χ2v) is 16.7. The van der Waals surface area contributed by atoms with Crippen LogP contribution in [0, 0.1) is 5.41 Å². The van der Waals surface area contributed by atoms with Gasteiger partial charge in [0.25, 0.3) is 0 Å². The van der Waals surface area contributed by atoms with E-state index in [9.17, 15) is 24.1 Å². The van der Waals surface area contributed by atoms with Gasteiger partial charge in [0.15, 0.2) is 6.23 Å². The number of fused-ring (bicyclic) bond motifs is 1. The lowest BCUT2D eigenvalue weighted by Gasteiger charge is -2.36. The molecule has 0 radical (unpaired) electrons. The Balaban J connectivity index is 1.21. The second-order valence-electron chi connectivity index (χ2n) is 14.0. The van der Waals surface area contributed by atoms with Gasteiger partial charge in [-0.15, -0.1) is 0 Å². The van der Waals surface area contributed by atoms with Crippen LogP contribution in [0.25, 0.3) is 0 Å². The minimum Gasteiger partial charge on any atom is -0.497 e. The van der Waals surface area contributed by atoms with Crippen molar-refractivity contribution in [3.8, 4) is 5.75 Å². The van der Waals surface area contributed by atoms with Crippen molar-refractivity contribution in [2.75, 3.05) is 32.7 Å². The van der Waals surface area contributed by atoms with Crippen LogP contribution >= 0.6 is 19.6 Å². The number of ether oxygens (including phenoxy) is 3. The highest BCUT2D eigenvalue weighted by molar-refractivity contribution is 8.13. The number of nitrogens with zero attached hydrogens (tertiary/aromatic N) is 2. The number of aliphatic hydroxyl groups is 1. The number of thioether (sulfide) groups is 1. The summed E-state index contributed by atoms with van der Waals surface area (Å²) in [6.07, 6.45) is -1.51. The number of methoxy groups -OCH3 is 1. The van der Waals surface area contributed by atoms with E-state index in [1.54, 1.807) is 20.1 Å². The third kappa shape index (κ3) is 8.22. The largest absolute Gasteiger partial charge is 0.497 e. The van der Waals surface area contributed by atoms with Gasteiger partial charge in [0.1, 0.15) is 29.0 Å². The third-order valence-electron chi connectivity index (χ3n) is 9.92. The second kappa shape index (κ2) is 16.5. The molecule has 6 rings (SSSR count). The standard InChI is InChI=1S/C40H45N2O11PS/c1-6-49-35(43)38(2,3)36(44)55-24-23-50-54(47)51-26-32-33(53-54)39(4,46)34(52-32)42-22-21-30(41-37(42)45)25-40(27-13-9-7-10-14-27,28-15-11-8-12-16-28)29-17-19-31(48-5)20-18-29/h7-22,32-34,46H,6,23-26H2,1-5H3/t32-,33-,34-,39-,54?/m1/s1. The van der Waals surface area contributed by atoms with E-state index < -0.39 is 59.5 Å². The summed E-state index contributed by atoms with van der Waals surface area (Å²) in [6, 6.07) is 29.6. The maximum Gasteiger partial charge on any atom is 0.475 e. The van der Waals surface area contributed by atoms with E-state index in [0.717, 1.165) is 28.5 Å². The van der Waals surface area contributed by atoms with Crippen molar-refractivity contribution in [1.82, 2.24) is 9.55 Å². The van der Waals surface area contributed by atoms with Gasteiger partial charge in [-0.05, 0) is 62.6 Å². The van der Waals surface area contributed by atoms with E-state index in [2.05, 4.69) is 29.2 Å². The Kier molecular flexibility index (Phi) is 12.2. The summed E-state index contributed by atoms with van der Waals surface area (Å²) in [7, 11) is -2.60. The van der Waals surface area contributed by atoms with Crippen LogP contribution in [0.5, 0.6) is 5.75 Å². The first-order chi connectivity index (χ1) is 26.2. The molecule has 2 saturated heterocycles. The van der Waals surface area contributed by atoms with Crippen LogP contribution in [-0.4, -0.2) is 76.2 Å². The Bertz CT molecular complexity index is 2040. The Morgan fingerprint density at radius 3 is 2.20 bits per heavy atom. The maximum absolute atomic E-state index is 13.8. The molecule has 2 aliphatic rings. The number of hydrogen-bond acceptors (Lipinski definition) is 13. The van der Waals surface area contributed by atoms with Crippen LogP contribution in [0.15, 0.2) is 102 Å². The molecule has 2 aliphatic heterocycles. The highest BCUT2D eigenvalue weighted by Crippen LogP contribution is 2.58. The Hall–Kier alpha value is -4.14. The van der Waals surface area contributed by atoms with Gasteiger partial charge in [0.2, 0.25) is 5.12 Å². The smallest absolute Gasteiger partial charge is 0.475 e. The maximum atomic E-state index is 13.8. The average Bonchev–Trinajstić information content (AvgIpc) is 3.44. The lowest BCUT2D eigenvalue weighted by Crippen LogP contribution is -2.49. The van der Waals surface area contributed by atoms with Crippen LogP contribution in [-0.2, 0) is 49.0 Å². The first-order valence-electron chi connectivity index (χ1n) is 17.9. The zero-order valence-corrected chi connectivity index (χ0v) is 33.0. The zero-order chi connectivity index (χ0) is 39.4. The summed E-state index contributed by atoms with van der Waals surface area (Å²) in [5.74, 6) is 0.113. The average molecular weight is 793 g/mol. The molecule has 3 heterocycles. The fourth-order valence-corrected chi connectivity index (χ4v) is 9.31. The van der Waals surface area contributed by atoms with Crippen molar-refractivity contribution in [3.05, 3.63) is 130 Å². The van der Waals surface area contributed by atoms with Gasteiger partial charge in [-0.2, -0.15) is 4.98 Å². The number of esters is 1. The summed E-state index contributed by atoms with van der Waals surface area (Å²) in [5.41, 5.74) is -1.19. The number of rotatable bonds is 14. The first-order valence-corrected chi connectivity index (χ1v) is 20.3. The number of hydrogen-bond donors (Lipinski definition) is 1. The van der Waals surface area contributed by atoms with E-state index in [1.807, 2.05) is 60.7 Å². The van der Waals surface area contributed by atoms with Crippen LogP contribution in [0.2, 0.25) is 0 Å². The summed E-state index contributed by atoms with van der Waals surface area (Å²) >= 11 is 0.824. The number of benzene rings is 3. The van der Waals surface area contributed by atoms with Gasteiger partial charge >= 0.3 is 19.5 Å². The molecule has 0 spiro atoms. The van der Waals surface area contributed by atoms with Crippen LogP contribution in [0.1, 0.15) is 56.3 Å². The van der Waals surface area contributed by atoms with E-state index in [-0.39, 0.29) is 25.6 Å². The minimum atomic E-state index is -4.22. The van der Waals surface area contributed by atoms with Gasteiger partial charge in [-0.25, -0.2) is 9.36 Å². The third-order valence-corrected chi connectivity index (χ3v) is 12.5. The van der Waals surface area contributed by atoms with Crippen LogP contribution in [0.3, 0.4) is 0 Å². The molecule has 1 N–H and O–H groups in total. The first kappa shape index (κ1) is 40.5. The number of carbonyl (C=O) groups is 2. The molecular weight excluding hydrogens is 747 g/mol. The predicted molar refractivity (Wildman–Crippen MR) is 205 cm³/mol. The molecule has 1 unspecified atom stereocenters. The molecule has 0 aliphatic carbocycles. The number of aromatic nitrogens is 2. The van der Waals surface area contributed by atoms with Crippen molar-refractivity contribution in [1.29, 1.82) is 0 Å². The van der Waals surface area contributed by atoms with E-state index in [4.69, 9.17) is 27.8 Å². The van der Waals surface area contributed by atoms with Crippen molar-refractivity contribution in [2.24, 2.45) is 5.41 Å². The molecule has 292 valence electrons. The molecule has 0 saturated carbocycles. The zero-order valence-electron chi connectivity index (χ0n) is 31.3. The fourth-order valence-electron chi connectivity index (χ4n) is 6.92. The monoisotopic (exact) mass is 792 g/mol. The molecule has 5 atom stereocenters. The Morgan fingerprint density at radius 2 is 1.62 bits per heavy atom. The van der Waals surface area contributed by atoms with Gasteiger partial charge in [0.05, 0.1) is 32.3 Å². The lowest BCUT2D eigenvalue weighted by molar-refractivity contribution is -0.155. The molecule has 0 bridgehead atoms. The molecule has 0 amide bonds. The van der Waals surface area contributed by atoms with Gasteiger partial charge < -0.3 is 19.3 Å². The summed E-state index contributed by atoms with van der Waals surface area (Å²) in [5, 5.41) is 11.3. The summed E-state index contributed by atoms with van der Waals surface area (Å²) in [4.78, 5) is 43.2. The quantitative estimate of drug-likeness (QED) is 0.0532. The summed E-state index contributed by atoms with van der Waals surface area (Å²) in [6.45, 7) is 5.68. The topological polar surface area (TPSA) is 162 Å². The van der Waals surface area contributed by atoms with Crippen LogP contribution in [0.4, 0.5) is 0 Å². The normalized spacial score (nSPS) is 23.9. The predicted octanol–water partition coefficient (Wildman–Crippen LogP) is 5.87. The molecular formula is C40H45N2O11PS. The molecule has 4 aromatic rings. The molecule has 2 fully saturated rings. The number of phosphoric ester groups is 1. The van der Waals surface area contributed by atoms with E-state index in [1.165, 1.54) is 31.5 Å². The highest BCUT2D eigenvalue weighted by atomic mass is 32.2. The van der Waals surface area contributed by atoms with Crippen molar-refractivity contribution >= 4 is 30.7 Å². The van der Waals surface area contributed by atoms with Gasteiger partial charge in [0, 0.05) is 24.1 Å². The minimum absolute atomic E-state index is 0.0453. The Labute approximate surface area is 323 Å². The SMILES string of the molecule is CCOC(=O)C(C)(C)C(=O)SCCOP1(=O)OC[C@H]2O[C@@H](n3ccc(CC(c4ccccc4)(c4ccccc4)c4ccc(OC)cc4)nc3=O)[C@](C)(O)[C@@H]2O1. The fraction of sp³-hybridized carbons (Fsp3) is 0.400. The molecule has 1 aromatic heterocycles. The van der Waals surface area contributed by atoms with E-state index in [0.29, 0.717) is 17.9 Å². The van der Waals surface area contributed by atoms with Gasteiger partial charge in [-0.3, -0.25) is 27.7 Å². The van der Waals surface area contributed by atoms with Crippen molar-refractivity contribution in [3.63, 3.8) is 0 Å². The Morgan fingerprint density at radius 1 is 1.00 bits per heavy atom. The van der Waals surface area contributed by atoms with E-state index >= 15 is 0 Å².